The Morgan fingerprint density at radius 2 is 2.00 bits per heavy atom. The van der Waals surface area contributed by atoms with Crippen LogP contribution < -0.4 is 0 Å². The summed E-state index contributed by atoms with van der Waals surface area (Å²) in [6.07, 6.45) is 2.62. The summed E-state index contributed by atoms with van der Waals surface area (Å²) in [7, 11) is 0. The molecule has 0 unspecified atom stereocenters. The first kappa shape index (κ1) is 12.6. The van der Waals surface area contributed by atoms with Crippen molar-refractivity contribution < 1.29 is 9.52 Å². The quantitative estimate of drug-likeness (QED) is 0.821. The van der Waals surface area contributed by atoms with E-state index in [4.69, 9.17) is 9.52 Å². The van der Waals surface area contributed by atoms with Crippen molar-refractivity contribution in [2.24, 2.45) is 4.99 Å². The Morgan fingerprint density at radius 1 is 1.22 bits per heavy atom. The number of hydrogen-bond donors (Lipinski definition) is 1. The lowest BCUT2D eigenvalue weighted by molar-refractivity contribution is 0.247. The molecule has 0 aliphatic heterocycles. The summed E-state index contributed by atoms with van der Waals surface area (Å²) in [6, 6.07) is 14.0. The van der Waals surface area contributed by atoms with Gasteiger partial charge in [0.25, 0.3) is 0 Å². The Morgan fingerprint density at radius 3 is 2.67 bits per heavy atom. The molecule has 0 radical (unpaired) electrons. The first-order valence-corrected chi connectivity index (χ1v) is 6.04. The van der Waals surface area contributed by atoms with Crippen LogP contribution in [0.2, 0.25) is 0 Å². The van der Waals surface area contributed by atoms with E-state index in [0.29, 0.717) is 11.5 Å². The van der Waals surface area contributed by atoms with Crippen LogP contribution in [0.15, 0.2) is 51.9 Å². The van der Waals surface area contributed by atoms with E-state index < -0.39 is 0 Å². The van der Waals surface area contributed by atoms with E-state index in [-0.39, 0.29) is 12.6 Å². The molecule has 3 heteroatoms. The molecule has 18 heavy (non-hydrogen) atoms. The van der Waals surface area contributed by atoms with Gasteiger partial charge in [-0.05, 0) is 31.0 Å². The van der Waals surface area contributed by atoms with E-state index in [1.165, 1.54) is 5.56 Å². The lowest BCUT2D eigenvalue weighted by Crippen LogP contribution is -2.03. The molecule has 0 saturated heterocycles. The topological polar surface area (TPSA) is 45.7 Å². The molecule has 1 N–H and O–H groups in total. The molecule has 94 valence electrons. The third-order valence-electron chi connectivity index (χ3n) is 2.67. The molecule has 1 aromatic heterocycles. The van der Waals surface area contributed by atoms with Crippen molar-refractivity contribution >= 4 is 6.21 Å². The first-order valence-electron chi connectivity index (χ1n) is 6.04. The highest BCUT2D eigenvalue weighted by atomic mass is 16.4. The molecular weight excluding hydrogens is 226 g/mol. The minimum absolute atomic E-state index is 0.0760. The average molecular weight is 243 g/mol. The van der Waals surface area contributed by atoms with Crippen molar-refractivity contribution in [1.82, 2.24) is 0 Å². The van der Waals surface area contributed by atoms with Crippen LogP contribution in [-0.2, 0) is 13.0 Å². The van der Waals surface area contributed by atoms with Crippen molar-refractivity contribution in [2.75, 3.05) is 0 Å². The third kappa shape index (κ3) is 3.57. The number of benzene rings is 1. The number of aliphatic hydroxyl groups excluding tert-OH is 1. The molecule has 0 aliphatic carbocycles. The third-order valence-corrected chi connectivity index (χ3v) is 2.67. The van der Waals surface area contributed by atoms with Gasteiger partial charge in [-0.25, -0.2) is 0 Å². The second-order valence-corrected chi connectivity index (χ2v) is 4.28. The highest BCUT2D eigenvalue weighted by Crippen LogP contribution is 2.08. The Labute approximate surface area is 107 Å². The molecule has 1 atom stereocenters. The van der Waals surface area contributed by atoms with Gasteiger partial charge in [-0.2, -0.15) is 0 Å². The van der Waals surface area contributed by atoms with Gasteiger partial charge in [0.1, 0.15) is 18.1 Å². The van der Waals surface area contributed by atoms with Gasteiger partial charge >= 0.3 is 0 Å². The molecule has 0 aliphatic rings. The van der Waals surface area contributed by atoms with Crippen molar-refractivity contribution in [3.63, 3.8) is 0 Å². The number of nitrogens with zero attached hydrogens (tertiary/aromatic N) is 1. The van der Waals surface area contributed by atoms with Gasteiger partial charge in [-0.1, -0.05) is 30.3 Å². The smallest absolute Gasteiger partial charge is 0.144 e. The molecule has 0 fully saturated rings. The van der Waals surface area contributed by atoms with Crippen LogP contribution in [0.3, 0.4) is 0 Å². The largest absolute Gasteiger partial charge is 0.458 e. The van der Waals surface area contributed by atoms with Gasteiger partial charge in [0.2, 0.25) is 0 Å². The normalized spacial score (nSPS) is 13.0. The fourth-order valence-corrected chi connectivity index (χ4v) is 1.76. The van der Waals surface area contributed by atoms with Crippen LogP contribution in [0.4, 0.5) is 0 Å². The molecular formula is C15H17NO2. The molecule has 3 nitrogen and oxygen atoms in total. The van der Waals surface area contributed by atoms with Gasteiger partial charge in [0.15, 0.2) is 0 Å². The van der Waals surface area contributed by atoms with E-state index in [1.54, 1.807) is 12.3 Å². The summed E-state index contributed by atoms with van der Waals surface area (Å²) in [5.41, 5.74) is 1.28. The number of furan rings is 1. The molecule has 0 amide bonds. The standard InChI is InChI=1S/C15H17NO2/c1-12(9-13-5-3-2-4-6-13)16-10-14-7-8-15(11-17)18-14/h2-8,10,12,17H,9,11H2,1H3/t12-/m0/s1. The molecule has 1 aromatic carbocycles. The summed E-state index contributed by atoms with van der Waals surface area (Å²) in [5.74, 6) is 1.24. The van der Waals surface area contributed by atoms with Crippen molar-refractivity contribution in [1.29, 1.82) is 0 Å². The molecule has 2 aromatic rings. The van der Waals surface area contributed by atoms with E-state index in [9.17, 15) is 0 Å². The van der Waals surface area contributed by atoms with Crippen molar-refractivity contribution in [2.45, 2.75) is 26.0 Å². The molecule has 1 heterocycles. The zero-order chi connectivity index (χ0) is 12.8. The number of aliphatic hydroxyl groups is 1. The zero-order valence-corrected chi connectivity index (χ0v) is 10.4. The van der Waals surface area contributed by atoms with Gasteiger partial charge < -0.3 is 9.52 Å². The number of aliphatic imine (C=N–C) groups is 1. The van der Waals surface area contributed by atoms with Gasteiger partial charge in [-0.15, -0.1) is 0 Å². The number of hydrogen-bond acceptors (Lipinski definition) is 3. The molecule has 0 spiro atoms. The van der Waals surface area contributed by atoms with Crippen LogP contribution in [0.5, 0.6) is 0 Å². The van der Waals surface area contributed by atoms with Crippen molar-refractivity contribution in [3.8, 4) is 0 Å². The number of rotatable bonds is 5. The van der Waals surface area contributed by atoms with E-state index >= 15 is 0 Å². The van der Waals surface area contributed by atoms with E-state index in [1.807, 2.05) is 24.3 Å². The predicted octanol–water partition coefficient (Wildman–Crippen LogP) is 2.82. The van der Waals surface area contributed by atoms with Crippen LogP contribution in [0.25, 0.3) is 0 Å². The Balaban J connectivity index is 1.92. The highest BCUT2D eigenvalue weighted by molar-refractivity contribution is 5.76. The second kappa shape index (κ2) is 6.17. The highest BCUT2D eigenvalue weighted by Gasteiger charge is 2.01. The average Bonchev–Trinajstić information content (AvgIpc) is 2.85. The van der Waals surface area contributed by atoms with Gasteiger partial charge in [0, 0.05) is 0 Å². The van der Waals surface area contributed by atoms with Crippen LogP contribution in [0.1, 0.15) is 24.0 Å². The maximum Gasteiger partial charge on any atom is 0.144 e. The predicted molar refractivity (Wildman–Crippen MR) is 71.8 cm³/mol. The zero-order valence-electron chi connectivity index (χ0n) is 10.4. The van der Waals surface area contributed by atoms with E-state index in [0.717, 1.165) is 6.42 Å². The maximum absolute atomic E-state index is 8.88. The summed E-state index contributed by atoms with van der Waals surface area (Å²) >= 11 is 0. The summed E-state index contributed by atoms with van der Waals surface area (Å²) in [4.78, 5) is 4.44. The fraction of sp³-hybridized carbons (Fsp3) is 0.267. The first-order chi connectivity index (χ1) is 8.78. The van der Waals surface area contributed by atoms with E-state index in [2.05, 4.69) is 24.0 Å². The SMILES string of the molecule is C[C@@H](Cc1ccccc1)N=Cc1ccc(CO)o1. The fourth-order valence-electron chi connectivity index (χ4n) is 1.76. The summed E-state index contributed by atoms with van der Waals surface area (Å²) in [6.45, 7) is 1.99. The van der Waals surface area contributed by atoms with Gasteiger partial charge in [-0.3, -0.25) is 4.99 Å². The van der Waals surface area contributed by atoms with Crippen LogP contribution >= 0.6 is 0 Å². The second-order valence-electron chi connectivity index (χ2n) is 4.28. The van der Waals surface area contributed by atoms with Crippen LogP contribution in [-0.4, -0.2) is 17.4 Å². The van der Waals surface area contributed by atoms with Gasteiger partial charge in [0.05, 0.1) is 12.3 Å². The Bertz CT molecular complexity index is 502. The summed E-state index contributed by atoms with van der Waals surface area (Å²) < 4.78 is 5.33. The molecule has 2 rings (SSSR count). The molecule has 0 bridgehead atoms. The minimum atomic E-state index is -0.0760. The van der Waals surface area contributed by atoms with Crippen molar-refractivity contribution in [3.05, 3.63) is 59.5 Å². The monoisotopic (exact) mass is 243 g/mol. The summed E-state index contributed by atoms with van der Waals surface area (Å²) in [5, 5.41) is 8.88. The maximum atomic E-state index is 8.88. The molecule has 0 saturated carbocycles. The lowest BCUT2D eigenvalue weighted by atomic mass is 10.1. The van der Waals surface area contributed by atoms with Crippen LogP contribution in [0, 0.1) is 0 Å². The Kier molecular flexibility index (Phi) is 4.31. The Hall–Kier alpha value is -1.87. The minimum Gasteiger partial charge on any atom is -0.458 e. The lowest BCUT2D eigenvalue weighted by Gasteiger charge is -2.05.